The predicted octanol–water partition coefficient (Wildman–Crippen LogP) is 4.07. The molecule has 21 heavy (non-hydrogen) atoms. The van der Waals surface area contributed by atoms with Crippen LogP contribution < -0.4 is 5.43 Å². The highest BCUT2D eigenvalue weighted by Crippen LogP contribution is 2.27. The van der Waals surface area contributed by atoms with Gasteiger partial charge in [-0.05, 0) is 59.0 Å². The van der Waals surface area contributed by atoms with E-state index in [4.69, 9.17) is 23.2 Å². The summed E-state index contributed by atoms with van der Waals surface area (Å²) in [4.78, 5) is 11.8. The van der Waals surface area contributed by atoms with E-state index >= 15 is 0 Å². The van der Waals surface area contributed by atoms with Crippen LogP contribution in [0.2, 0.25) is 10.0 Å². The van der Waals surface area contributed by atoms with Crippen molar-refractivity contribution >= 4 is 57.9 Å². The van der Waals surface area contributed by atoms with Crippen molar-refractivity contribution in [1.29, 1.82) is 0 Å². The minimum absolute atomic E-state index is 0.0597. The molecule has 2 aromatic carbocycles. The fourth-order valence-electron chi connectivity index (χ4n) is 1.51. The van der Waals surface area contributed by atoms with Crippen LogP contribution in [0.1, 0.15) is 15.9 Å². The second-order valence-corrected chi connectivity index (χ2v) is 6.07. The van der Waals surface area contributed by atoms with E-state index in [-0.39, 0.29) is 11.7 Å². The fraction of sp³-hybridized carbons (Fsp3) is 0. The Hall–Kier alpha value is -1.31. The summed E-state index contributed by atoms with van der Waals surface area (Å²) in [5.74, 6) is -0.316. The van der Waals surface area contributed by atoms with Crippen LogP contribution in [0.3, 0.4) is 0 Å². The quantitative estimate of drug-likeness (QED) is 0.434. The first kappa shape index (κ1) is 16.1. The first-order chi connectivity index (χ1) is 9.97. The zero-order chi connectivity index (χ0) is 15.4. The molecule has 0 radical (unpaired) electrons. The minimum atomic E-state index is -0.376. The first-order valence-electron chi connectivity index (χ1n) is 5.74. The van der Waals surface area contributed by atoms with Gasteiger partial charge in [0.05, 0.1) is 9.78 Å². The number of hydrogen-bond donors (Lipinski definition) is 2. The Kier molecular flexibility index (Phi) is 5.44. The molecule has 0 atom stereocenters. The monoisotopic (exact) mass is 434 g/mol. The van der Waals surface area contributed by atoms with Crippen LogP contribution in [0.4, 0.5) is 0 Å². The Morgan fingerprint density at radius 2 is 1.86 bits per heavy atom. The molecular formula is C14H9Cl2IN2O2. The van der Waals surface area contributed by atoms with E-state index in [9.17, 15) is 9.90 Å². The maximum atomic E-state index is 11.8. The van der Waals surface area contributed by atoms with Crippen LogP contribution >= 0.6 is 45.8 Å². The second-order valence-electron chi connectivity index (χ2n) is 4.03. The maximum Gasteiger partial charge on any atom is 0.271 e. The number of nitrogens with one attached hydrogen (secondary N) is 1. The molecule has 0 saturated carbocycles. The van der Waals surface area contributed by atoms with Crippen LogP contribution in [0.15, 0.2) is 41.5 Å². The lowest BCUT2D eigenvalue weighted by molar-refractivity contribution is 0.0955. The van der Waals surface area contributed by atoms with Crippen LogP contribution in [-0.4, -0.2) is 17.2 Å². The zero-order valence-corrected chi connectivity index (χ0v) is 14.1. The van der Waals surface area contributed by atoms with Gasteiger partial charge in [-0.25, -0.2) is 5.43 Å². The van der Waals surface area contributed by atoms with E-state index in [0.717, 1.165) is 0 Å². The molecule has 1 amide bonds. The number of phenolic OH excluding ortho intramolecular Hbond substituents is 1. The van der Waals surface area contributed by atoms with Crippen LogP contribution in [0, 0.1) is 3.57 Å². The number of nitrogens with zero attached hydrogens (tertiary/aromatic N) is 1. The van der Waals surface area contributed by atoms with E-state index in [2.05, 4.69) is 10.5 Å². The van der Waals surface area contributed by atoms with Crippen LogP contribution in [0.5, 0.6) is 5.75 Å². The van der Waals surface area contributed by atoms with Gasteiger partial charge in [0.2, 0.25) is 0 Å². The van der Waals surface area contributed by atoms with Gasteiger partial charge in [0, 0.05) is 21.2 Å². The topological polar surface area (TPSA) is 61.7 Å². The predicted molar refractivity (Wildman–Crippen MR) is 92.3 cm³/mol. The van der Waals surface area contributed by atoms with E-state index in [1.54, 1.807) is 36.4 Å². The van der Waals surface area contributed by atoms with Gasteiger partial charge in [-0.3, -0.25) is 4.79 Å². The zero-order valence-electron chi connectivity index (χ0n) is 10.5. The van der Waals surface area contributed by atoms with Crippen LogP contribution in [0.25, 0.3) is 0 Å². The van der Waals surface area contributed by atoms with Crippen LogP contribution in [-0.2, 0) is 0 Å². The molecule has 0 spiro atoms. The maximum absolute atomic E-state index is 11.8. The molecule has 2 N–H and O–H groups in total. The standard InChI is InChI=1S/C14H9Cl2IN2O2/c15-10-3-1-8(2-4-10)14(21)19-18-7-9-5-11(16)6-12(17)13(9)20/h1-7,20H,(H,19,21)/b18-7-. The first-order valence-corrected chi connectivity index (χ1v) is 7.58. The summed E-state index contributed by atoms with van der Waals surface area (Å²) in [5, 5.41) is 14.7. The number of rotatable bonds is 3. The molecule has 4 nitrogen and oxygen atoms in total. The number of phenols is 1. The van der Waals surface area contributed by atoms with Gasteiger partial charge in [-0.15, -0.1) is 0 Å². The van der Waals surface area contributed by atoms with Gasteiger partial charge in [0.15, 0.2) is 0 Å². The molecule has 2 aromatic rings. The summed E-state index contributed by atoms with van der Waals surface area (Å²) in [6.45, 7) is 0. The third kappa shape index (κ3) is 4.33. The average molecular weight is 435 g/mol. The summed E-state index contributed by atoms with van der Waals surface area (Å²) < 4.78 is 0.602. The number of halogens is 3. The average Bonchev–Trinajstić information content (AvgIpc) is 2.44. The lowest BCUT2D eigenvalue weighted by Gasteiger charge is -2.03. The molecule has 2 rings (SSSR count). The van der Waals surface area contributed by atoms with Gasteiger partial charge in [-0.2, -0.15) is 5.10 Å². The molecule has 0 fully saturated rings. The molecule has 0 unspecified atom stereocenters. The van der Waals surface area contributed by atoms with Crippen molar-refractivity contribution in [1.82, 2.24) is 5.43 Å². The molecule has 108 valence electrons. The smallest absolute Gasteiger partial charge is 0.271 e. The highest BCUT2D eigenvalue weighted by atomic mass is 127. The number of aromatic hydroxyl groups is 1. The summed E-state index contributed by atoms with van der Waals surface area (Å²) in [6, 6.07) is 9.59. The van der Waals surface area contributed by atoms with Crippen molar-refractivity contribution in [3.8, 4) is 5.75 Å². The molecule has 0 saturated heterocycles. The van der Waals surface area contributed by atoms with E-state index in [1.807, 2.05) is 22.6 Å². The molecule has 0 heterocycles. The number of carbonyl (C=O) groups is 1. The van der Waals surface area contributed by atoms with Gasteiger partial charge in [-0.1, -0.05) is 23.2 Å². The van der Waals surface area contributed by atoms with E-state index in [1.165, 1.54) is 6.21 Å². The summed E-state index contributed by atoms with van der Waals surface area (Å²) in [5.41, 5.74) is 3.22. The molecule has 0 aliphatic rings. The third-order valence-electron chi connectivity index (χ3n) is 2.53. The second kappa shape index (κ2) is 7.11. The Labute approximate surface area is 144 Å². The van der Waals surface area contributed by atoms with Gasteiger partial charge in [0.25, 0.3) is 5.91 Å². The minimum Gasteiger partial charge on any atom is -0.506 e. The number of amides is 1. The Balaban J connectivity index is 2.09. The van der Waals surface area contributed by atoms with Crippen molar-refractivity contribution in [3.05, 3.63) is 61.1 Å². The number of hydrogen-bond acceptors (Lipinski definition) is 3. The van der Waals surface area contributed by atoms with E-state index in [0.29, 0.717) is 24.7 Å². The van der Waals surface area contributed by atoms with Crippen molar-refractivity contribution in [2.45, 2.75) is 0 Å². The lowest BCUT2D eigenvalue weighted by Crippen LogP contribution is -2.17. The molecule has 0 aliphatic heterocycles. The summed E-state index contributed by atoms with van der Waals surface area (Å²) in [7, 11) is 0. The number of carbonyl (C=O) groups excluding carboxylic acids is 1. The Morgan fingerprint density at radius 1 is 1.19 bits per heavy atom. The van der Waals surface area contributed by atoms with Crippen molar-refractivity contribution in [3.63, 3.8) is 0 Å². The Bertz CT molecular complexity index is 703. The van der Waals surface area contributed by atoms with Crippen molar-refractivity contribution < 1.29 is 9.90 Å². The van der Waals surface area contributed by atoms with E-state index < -0.39 is 0 Å². The van der Waals surface area contributed by atoms with Gasteiger partial charge in [0.1, 0.15) is 5.75 Å². The highest BCUT2D eigenvalue weighted by Gasteiger charge is 2.06. The lowest BCUT2D eigenvalue weighted by atomic mass is 10.2. The van der Waals surface area contributed by atoms with Gasteiger partial charge < -0.3 is 5.11 Å². The largest absolute Gasteiger partial charge is 0.506 e. The molecule has 0 aliphatic carbocycles. The molecule has 0 aromatic heterocycles. The number of hydrazone groups is 1. The fourth-order valence-corrected chi connectivity index (χ4v) is 2.69. The summed E-state index contributed by atoms with van der Waals surface area (Å²) >= 11 is 13.6. The third-order valence-corrected chi connectivity index (χ3v) is 3.83. The van der Waals surface area contributed by atoms with Gasteiger partial charge >= 0.3 is 0 Å². The SMILES string of the molecule is O=C(N/N=C\c1cc(Cl)cc(I)c1O)c1ccc(Cl)cc1. The van der Waals surface area contributed by atoms with Crippen molar-refractivity contribution in [2.75, 3.05) is 0 Å². The Morgan fingerprint density at radius 3 is 2.52 bits per heavy atom. The molecule has 0 bridgehead atoms. The molecule has 7 heteroatoms. The van der Waals surface area contributed by atoms with Crippen molar-refractivity contribution in [2.24, 2.45) is 5.10 Å². The summed E-state index contributed by atoms with van der Waals surface area (Å²) in [6.07, 6.45) is 1.33. The molecular weight excluding hydrogens is 426 g/mol. The normalized spacial score (nSPS) is 10.8. The highest BCUT2D eigenvalue weighted by molar-refractivity contribution is 14.1. The number of benzene rings is 2.